The van der Waals surface area contributed by atoms with Crippen molar-refractivity contribution in [1.29, 1.82) is 0 Å². The van der Waals surface area contributed by atoms with E-state index in [2.05, 4.69) is 31.4 Å². The van der Waals surface area contributed by atoms with Crippen LogP contribution in [0, 0.1) is 11.3 Å². The number of carbonyl (C=O) groups excluding carboxylic acids is 1. The summed E-state index contributed by atoms with van der Waals surface area (Å²) in [6.07, 6.45) is 7.32. The van der Waals surface area contributed by atoms with Crippen molar-refractivity contribution in [3.05, 3.63) is 0 Å². The van der Waals surface area contributed by atoms with E-state index in [1.807, 2.05) is 0 Å². The highest BCUT2D eigenvalue weighted by Crippen LogP contribution is 2.29. The molecule has 118 valence electrons. The van der Waals surface area contributed by atoms with Crippen LogP contribution in [0.1, 0.15) is 65.7 Å². The molecule has 2 amide bonds. The molecule has 1 aliphatic rings. The molecule has 1 saturated carbocycles. The molecule has 0 aromatic heterocycles. The Hall–Kier alpha value is -0.770. The Balaban J connectivity index is 2.34. The molecule has 0 unspecified atom stereocenters. The van der Waals surface area contributed by atoms with E-state index in [9.17, 15) is 9.90 Å². The van der Waals surface area contributed by atoms with E-state index in [-0.39, 0.29) is 18.1 Å². The van der Waals surface area contributed by atoms with Crippen LogP contribution in [-0.2, 0) is 0 Å². The second-order valence-corrected chi connectivity index (χ2v) is 6.46. The van der Waals surface area contributed by atoms with Gasteiger partial charge in [0.2, 0.25) is 0 Å². The van der Waals surface area contributed by atoms with Crippen LogP contribution in [0.5, 0.6) is 0 Å². The lowest BCUT2D eigenvalue weighted by Gasteiger charge is -2.32. The minimum absolute atomic E-state index is 0.0349. The molecule has 0 saturated heterocycles. The first kappa shape index (κ1) is 17.3. The number of hydrogen-bond acceptors (Lipinski definition) is 2. The molecule has 4 nitrogen and oxygen atoms in total. The lowest BCUT2D eigenvalue weighted by Crippen LogP contribution is -2.47. The van der Waals surface area contributed by atoms with Crippen LogP contribution in [0.15, 0.2) is 0 Å². The number of urea groups is 1. The van der Waals surface area contributed by atoms with E-state index in [1.54, 1.807) is 0 Å². The third-order valence-electron chi connectivity index (χ3n) is 5.12. The number of rotatable bonds is 7. The minimum Gasteiger partial charge on any atom is -0.396 e. The molecule has 0 bridgehead atoms. The maximum atomic E-state index is 12.0. The number of aliphatic hydroxyl groups is 1. The van der Waals surface area contributed by atoms with E-state index in [0.29, 0.717) is 12.6 Å². The lowest BCUT2D eigenvalue weighted by atomic mass is 9.79. The molecule has 0 radical (unpaired) electrons. The van der Waals surface area contributed by atoms with E-state index in [0.717, 1.165) is 38.0 Å². The monoisotopic (exact) mass is 284 g/mol. The third kappa shape index (κ3) is 5.31. The second kappa shape index (κ2) is 8.50. The molecular weight excluding hydrogens is 252 g/mol. The zero-order chi connectivity index (χ0) is 15.0. The molecule has 1 aliphatic carbocycles. The largest absolute Gasteiger partial charge is 0.396 e. The Morgan fingerprint density at radius 2 is 1.80 bits per heavy atom. The summed E-state index contributed by atoms with van der Waals surface area (Å²) in [6, 6.07) is 0.287. The van der Waals surface area contributed by atoms with Crippen LogP contribution in [0.3, 0.4) is 0 Å². The van der Waals surface area contributed by atoms with Gasteiger partial charge < -0.3 is 15.7 Å². The first-order valence-electron chi connectivity index (χ1n) is 8.20. The van der Waals surface area contributed by atoms with Crippen molar-refractivity contribution in [3.63, 3.8) is 0 Å². The Labute approximate surface area is 123 Å². The van der Waals surface area contributed by atoms with Crippen LogP contribution < -0.4 is 10.6 Å². The van der Waals surface area contributed by atoms with Crippen molar-refractivity contribution in [2.45, 2.75) is 71.8 Å². The van der Waals surface area contributed by atoms with Gasteiger partial charge in [-0.05, 0) is 56.3 Å². The van der Waals surface area contributed by atoms with Crippen LogP contribution in [0.25, 0.3) is 0 Å². The fourth-order valence-corrected chi connectivity index (χ4v) is 3.09. The highest BCUT2D eigenvalue weighted by atomic mass is 16.3. The first-order chi connectivity index (χ1) is 9.55. The molecular formula is C16H32N2O2. The normalized spacial score (nSPS) is 23.4. The van der Waals surface area contributed by atoms with Crippen molar-refractivity contribution in [3.8, 4) is 0 Å². The van der Waals surface area contributed by atoms with Crippen molar-refractivity contribution in [2.75, 3.05) is 13.2 Å². The van der Waals surface area contributed by atoms with Gasteiger partial charge in [0.05, 0.1) is 0 Å². The molecule has 0 spiro atoms. The summed E-state index contributed by atoms with van der Waals surface area (Å²) in [4.78, 5) is 12.0. The van der Waals surface area contributed by atoms with E-state index < -0.39 is 0 Å². The topological polar surface area (TPSA) is 61.4 Å². The fourth-order valence-electron chi connectivity index (χ4n) is 3.09. The molecule has 0 aromatic rings. The third-order valence-corrected chi connectivity index (χ3v) is 5.12. The number of carbonyl (C=O) groups is 1. The summed E-state index contributed by atoms with van der Waals surface area (Å²) in [6.45, 7) is 7.37. The number of hydrogen-bond donors (Lipinski definition) is 3. The molecule has 4 heteroatoms. The molecule has 0 aliphatic heterocycles. The SMILES string of the molecule is CCC(CC)(CCO)CNC(=O)NC1CCC(C)CC1. The highest BCUT2D eigenvalue weighted by Gasteiger charge is 2.26. The van der Waals surface area contributed by atoms with Gasteiger partial charge >= 0.3 is 6.03 Å². The van der Waals surface area contributed by atoms with Crippen molar-refractivity contribution in [2.24, 2.45) is 11.3 Å². The summed E-state index contributed by atoms with van der Waals surface area (Å²) < 4.78 is 0. The van der Waals surface area contributed by atoms with Gasteiger partial charge in [0, 0.05) is 19.2 Å². The summed E-state index contributed by atoms with van der Waals surface area (Å²) >= 11 is 0. The Morgan fingerprint density at radius 3 is 2.30 bits per heavy atom. The van der Waals surface area contributed by atoms with Gasteiger partial charge in [-0.3, -0.25) is 0 Å². The molecule has 1 rings (SSSR count). The zero-order valence-electron chi connectivity index (χ0n) is 13.4. The maximum Gasteiger partial charge on any atom is 0.315 e. The summed E-state index contributed by atoms with van der Waals surface area (Å²) in [7, 11) is 0. The number of nitrogens with one attached hydrogen (secondary N) is 2. The highest BCUT2D eigenvalue weighted by molar-refractivity contribution is 5.74. The Morgan fingerprint density at radius 1 is 1.20 bits per heavy atom. The first-order valence-corrected chi connectivity index (χ1v) is 8.20. The van der Waals surface area contributed by atoms with Crippen LogP contribution in [-0.4, -0.2) is 30.3 Å². The van der Waals surface area contributed by atoms with Crippen molar-refractivity contribution in [1.82, 2.24) is 10.6 Å². The predicted octanol–water partition coefficient (Wildman–Crippen LogP) is 3.05. The van der Waals surface area contributed by atoms with Crippen LogP contribution >= 0.6 is 0 Å². The van der Waals surface area contributed by atoms with E-state index in [4.69, 9.17) is 0 Å². The second-order valence-electron chi connectivity index (χ2n) is 6.46. The number of amides is 2. The van der Waals surface area contributed by atoms with Gasteiger partial charge in [0.1, 0.15) is 0 Å². The summed E-state index contributed by atoms with van der Waals surface area (Å²) in [5.41, 5.74) is 0.0349. The Kier molecular flexibility index (Phi) is 7.35. The van der Waals surface area contributed by atoms with Crippen LogP contribution in [0.2, 0.25) is 0 Å². The van der Waals surface area contributed by atoms with Gasteiger partial charge in [0.15, 0.2) is 0 Å². The zero-order valence-corrected chi connectivity index (χ0v) is 13.4. The molecule has 0 atom stereocenters. The van der Waals surface area contributed by atoms with Gasteiger partial charge in [-0.15, -0.1) is 0 Å². The average molecular weight is 284 g/mol. The lowest BCUT2D eigenvalue weighted by molar-refractivity contribution is 0.162. The molecule has 0 aromatic carbocycles. The molecule has 0 heterocycles. The minimum atomic E-state index is -0.0474. The maximum absolute atomic E-state index is 12.0. The summed E-state index contributed by atoms with van der Waals surface area (Å²) in [5, 5.41) is 15.3. The smallest absolute Gasteiger partial charge is 0.315 e. The van der Waals surface area contributed by atoms with Gasteiger partial charge in [-0.25, -0.2) is 4.79 Å². The van der Waals surface area contributed by atoms with Gasteiger partial charge in [-0.2, -0.15) is 0 Å². The average Bonchev–Trinajstić information content (AvgIpc) is 2.46. The predicted molar refractivity (Wildman–Crippen MR) is 82.7 cm³/mol. The van der Waals surface area contributed by atoms with E-state index in [1.165, 1.54) is 12.8 Å². The summed E-state index contributed by atoms with van der Waals surface area (Å²) in [5.74, 6) is 0.800. The van der Waals surface area contributed by atoms with Gasteiger partial charge in [-0.1, -0.05) is 20.8 Å². The van der Waals surface area contributed by atoms with Gasteiger partial charge in [0.25, 0.3) is 0 Å². The molecule has 1 fully saturated rings. The van der Waals surface area contributed by atoms with Crippen molar-refractivity contribution < 1.29 is 9.90 Å². The standard InChI is InChI=1S/C16H32N2O2/c1-4-16(5-2,10-11-19)12-17-15(20)18-14-8-6-13(3)7-9-14/h13-14,19H,4-12H2,1-3H3,(H2,17,18,20). The number of aliphatic hydroxyl groups excluding tert-OH is 1. The molecule has 20 heavy (non-hydrogen) atoms. The van der Waals surface area contributed by atoms with Crippen molar-refractivity contribution >= 4 is 6.03 Å². The fraction of sp³-hybridized carbons (Fsp3) is 0.938. The van der Waals surface area contributed by atoms with E-state index >= 15 is 0 Å². The Bertz CT molecular complexity index is 282. The molecule has 3 N–H and O–H groups in total. The van der Waals surface area contributed by atoms with Crippen LogP contribution in [0.4, 0.5) is 4.79 Å². The quantitative estimate of drug-likeness (QED) is 0.673.